The first-order valence-corrected chi connectivity index (χ1v) is 9.34. The van der Waals surface area contributed by atoms with E-state index < -0.39 is 6.10 Å². The number of carbonyl (C=O) groups excluding carboxylic acids is 1. The van der Waals surface area contributed by atoms with Crippen LogP contribution >= 0.6 is 0 Å². The summed E-state index contributed by atoms with van der Waals surface area (Å²) in [5.74, 6) is 1.64. The summed E-state index contributed by atoms with van der Waals surface area (Å²) in [6.07, 6.45) is 4.04. The van der Waals surface area contributed by atoms with Crippen LogP contribution in [0.4, 0.5) is 0 Å². The fourth-order valence-electron chi connectivity index (χ4n) is 3.10. The normalized spacial score (nSPS) is 17.5. The molecule has 134 valence electrons. The molecule has 0 bridgehead atoms. The molecule has 4 nitrogen and oxygen atoms in total. The van der Waals surface area contributed by atoms with Crippen molar-refractivity contribution in [1.29, 1.82) is 0 Å². The standard InChI is InChI=1S/C20H32N2O2/c1-4-18-8-5-6-9-19(18)24-17(3)20(23)21-12-7-13-22-14-10-16(2)11-15-22/h5-6,8-9,16-17H,4,7,10-15H2,1-3H3,(H,21,23)/t17-/m0/s1. The first-order valence-electron chi connectivity index (χ1n) is 9.34. The van der Waals surface area contributed by atoms with E-state index in [1.165, 1.54) is 25.9 Å². The summed E-state index contributed by atoms with van der Waals surface area (Å²) in [6, 6.07) is 7.91. The molecular formula is C20H32N2O2. The van der Waals surface area contributed by atoms with Gasteiger partial charge in [0.05, 0.1) is 0 Å². The first-order chi connectivity index (χ1) is 11.6. The highest BCUT2D eigenvalue weighted by Gasteiger charge is 2.17. The van der Waals surface area contributed by atoms with Crippen molar-refractivity contribution in [1.82, 2.24) is 10.2 Å². The number of hydrogen-bond acceptors (Lipinski definition) is 3. The number of rotatable bonds is 8. The molecule has 0 aliphatic carbocycles. The van der Waals surface area contributed by atoms with Gasteiger partial charge < -0.3 is 15.0 Å². The fourth-order valence-corrected chi connectivity index (χ4v) is 3.10. The maximum Gasteiger partial charge on any atom is 0.260 e. The fraction of sp³-hybridized carbons (Fsp3) is 0.650. The number of carbonyl (C=O) groups is 1. The summed E-state index contributed by atoms with van der Waals surface area (Å²) in [4.78, 5) is 14.7. The van der Waals surface area contributed by atoms with Crippen LogP contribution in [0.2, 0.25) is 0 Å². The second kappa shape index (κ2) is 9.67. The van der Waals surface area contributed by atoms with E-state index >= 15 is 0 Å². The summed E-state index contributed by atoms with van der Waals surface area (Å²) >= 11 is 0. The number of nitrogens with one attached hydrogen (secondary N) is 1. The van der Waals surface area contributed by atoms with Crippen LogP contribution in [0.25, 0.3) is 0 Å². The second-order valence-corrected chi connectivity index (χ2v) is 6.89. The summed E-state index contributed by atoms with van der Waals surface area (Å²) in [7, 11) is 0. The Kier molecular flexibility index (Phi) is 7.57. The molecule has 0 spiro atoms. The third-order valence-corrected chi connectivity index (χ3v) is 4.85. The zero-order valence-electron chi connectivity index (χ0n) is 15.4. The number of hydrogen-bond donors (Lipinski definition) is 1. The van der Waals surface area contributed by atoms with Crippen molar-refractivity contribution in [3.05, 3.63) is 29.8 Å². The van der Waals surface area contributed by atoms with Gasteiger partial charge in [-0.25, -0.2) is 0 Å². The monoisotopic (exact) mass is 332 g/mol. The number of benzene rings is 1. The van der Waals surface area contributed by atoms with E-state index in [0.717, 1.165) is 36.6 Å². The van der Waals surface area contributed by atoms with Crippen LogP contribution in [-0.2, 0) is 11.2 Å². The van der Waals surface area contributed by atoms with Crippen LogP contribution in [0.1, 0.15) is 45.6 Å². The van der Waals surface area contributed by atoms with Crippen LogP contribution in [0.15, 0.2) is 24.3 Å². The quantitative estimate of drug-likeness (QED) is 0.743. The molecule has 1 aliphatic rings. The van der Waals surface area contributed by atoms with Crippen LogP contribution < -0.4 is 10.1 Å². The predicted octanol–water partition coefficient (Wildman–Crippen LogP) is 3.25. The number of piperidine rings is 1. The minimum Gasteiger partial charge on any atom is -0.481 e. The van der Waals surface area contributed by atoms with E-state index in [4.69, 9.17) is 4.74 Å². The molecule has 0 radical (unpaired) electrons. The van der Waals surface area contributed by atoms with Crippen molar-refractivity contribution < 1.29 is 9.53 Å². The van der Waals surface area contributed by atoms with E-state index in [9.17, 15) is 4.79 Å². The lowest BCUT2D eigenvalue weighted by Crippen LogP contribution is -2.39. The van der Waals surface area contributed by atoms with E-state index in [2.05, 4.69) is 24.1 Å². The van der Waals surface area contributed by atoms with Crippen LogP contribution in [0, 0.1) is 5.92 Å². The smallest absolute Gasteiger partial charge is 0.260 e. The Morgan fingerprint density at radius 2 is 2.04 bits per heavy atom. The maximum absolute atomic E-state index is 12.2. The van der Waals surface area contributed by atoms with Crippen LogP contribution in [0.3, 0.4) is 0 Å². The Labute approximate surface area is 146 Å². The van der Waals surface area contributed by atoms with Gasteiger partial charge in [0, 0.05) is 6.54 Å². The maximum atomic E-state index is 12.2. The molecule has 1 aromatic carbocycles. The second-order valence-electron chi connectivity index (χ2n) is 6.89. The van der Waals surface area contributed by atoms with Gasteiger partial charge in [-0.3, -0.25) is 4.79 Å². The van der Waals surface area contributed by atoms with Gasteiger partial charge in [0.15, 0.2) is 6.10 Å². The summed E-state index contributed by atoms with van der Waals surface area (Å²) in [5.41, 5.74) is 1.14. The van der Waals surface area contributed by atoms with Crippen molar-refractivity contribution in [2.45, 2.75) is 52.6 Å². The highest BCUT2D eigenvalue weighted by atomic mass is 16.5. The average Bonchev–Trinajstić information content (AvgIpc) is 2.60. The molecular weight excluding hydrogens is 300 g/mol. The van der Waals surface area contributed by atoms with Gasteiger partial charge in [0.2, 0.25) is 0 Å². The zero-order valence-corrected chi connectivity index (χ0v) is 15.4. The molecule has 1 atom stereocenters. The number of ether oxygens (including phenoxy) is 1. The summed E-state index contributed by atoms with van der Waals surface area (Å²) in [5, 5.41) is 3.00. The van der Waals surface area contributed by atoms with E-state index in [-0.39, 0.29) is 5.91 Å². The molecule has 1 heterocycles. The molecule has 1 fully saturated rings. The Bertz CT molecular complexity index is 510. The molecule has 2 rings (SSSR count). The molecule has 1 aliphatic heterocycles. The van der Waals surface area contributed by atoms with Crippen molar-refractivity contribution in [3.63, 3.8) is 0 Å². The molecule has 4 heteroatoms. The van der Waals surface area contributed by atoms with Gasteiger partial charge >= 0.3 is 0 Å². The summed E-state index contributed by atoms with van der Waals surface area (Å²) in [6.45, 7) is 10.4. The lowest BCUT2D eigenvalue weighted by atomic mass is 9.99. The SMILES string of the molecule is CCc1ccccc1O[C@@H](C)C(=O)NCCCN1CCC(C)CC1. The van der Waals surface area contributed by atoms with Crippen molar-refractivity contribution in [3.8, 4) is 5.75 Å². The van der Waals surface area contributed by atoms with Gasteiger partial charge in [-0.1, -0.05) is 32.0 Å². The molecule has 0 saturated carbocycles. The van der Waals surface area contributed by atoms with Crippen molar-refractivity contribution >= 4 is 5.91 Å². The van der Waals surface area contributed by atoms with Gasteiger partial charge in [-0.2, -0.15) is 0 Å². The number of likely N-dealkylation sites (tertiary alicyclic amines) is 1. The Morgan fingerprint density at radius 3 is 2.75 bits per heavy atom. The third kappa shape index (κ3) is 5.82. The highest BCUT2D eigenvalue weighted by Crippen LogP contribution is 2.19. The lowest BCUT2D eigenvalue weighted by Gasteiger charge is -2.30. The zero-order chi connectivity index (χ0) is 17.4. The largest absolute Gasteiger partial charge is 0.481 e. The van der Waals surface area contributed by atoms with Gasteiger partial charge in [-0.05, 0) is 69.8 Å². The average molecular weight is 332 g/mol. The van der Waals surface area contributed by atoms with Crippen LogP contribution in [0.5, 0.6) is 5.75 Å². The third-order valence-electron chi connectivity index (χ3n) is 4.85. The molecule has 0 unspecified atom stereocenters. The number of para-hydroxylation sites is 1. The van der Waals surface area contributed by atoms with E-state index in [1.54, 1.807) is 0 Å². The molecule has 0 aromatic heterocycles. The van der Waals surface area contributed by atoms with E-state index in [0.29, 0.717) is 6.54 Å². The Balaban J connectivity index is 1.66. The van der Waals surface area contributed by atoms with E-state index in [1.807, 2.05) is 31.2 Å². The number of aryl methyl sites for hydroxylation is 1. The van der Waals surface area contributed by atoms with Crippen molar-refractivity contribution in [2.24, 2.45) is 5.92 Å². The highest BCUT2D eigenvalue weighted by molar-refractivity contribution is 5.80. The minimum absolute atomic E-state index is 0.0341. The Hall–Kier alpha value is -1.55. The van der Waals surface area contributed by atoms with Gasteiger partial charge in [0.1, 0.15) is 5.75 Å². The van der Waals surface area contributed by atoms with Gasteiger partial charge in [0.25, 0.3) is 5.91 Å². The summed E-state index contributed by atoms with van der Waals surface area (Å²) < 4.78 is 5.83. The van der Waals surface area contributed by atoms with Crippen LogP contribution in [-0.4, -0.2) is 43.1 Å². The topological polar surface area (TPSA) is 41.6 Å². The van der Waals surface area contributed by atoms with Gasteiger partial charge in [-0.15, -0.1) is 0 Å². The lowest BCUT2D eigenvalue weighted by molar-refractivity contribution is -0.127. The minimum atomic E-state index is -0.464. The Morgan fingerprint density at radius 1 is 1.33 bits per heavy atom. The number of nitrogens with zero attached hydrogens (tertiary/aromatic N) is 1. The van der Waals surface area contributed by atoms with Crippen molar-refractivity contribution in [2.75, 3.05) is 26.2 Å². The predicted molar refractivity (Wildman–Crippen MR) is 98.4 cm³/mol. The first kappa shape index (κ1) is 18.8. The molecule has 1 amide bonds. The molecule has 1 saturated heterocycles. The molecule has 1 N–H and O–H groups in total. The molecule has 1 aromatic rings. The number of amides is 1. The molecule has 24 heavy (non-hydrogen) atoms.